The number of nitrogens with zero attached hydrogens (tertiary/aromatic N) is 2. The zero-order chi connectivity index (χ0) is 18.5. The van der Waals surface area contributed by atoms with E-state index in [-0.39, 0.29) is 17.9 Å². The Morgan fingerprint density at radius 1 is 1.15 bits per heavy atom. The van der Waals surface area contributed by atoms with E-state index in [0.717, 1.165) is 37.1 Å². The fourth-order valence-electron chi connectivity index (χ4n) is 3.50. The van der Waals surface area contributed by atoms with Gasteiger partial charge in [0, 0.05) is 29.4 Å². The number of halogens is 1. The van der Waals surface area contributed by atoms with E-state index in [4.69, 9.17) is 11.6 Å². The van der Waals surface area contributed by atoms with E-state index in [2.05, 4.69) is 29.0 Å². The lowest BCUT2D eigenvalue weighted by atomic mass is 9.93. The second-order valence-electron chi connectivity index (χ2n) is 7.18. The highest BCUT2D eigenvalue weighted by molar-refractivity contribution is 6.30. The molecule has 2 aromatic rings. The second kappa shape index (κ2) is 8.65. The summed E-state index contributed by atoms with van der Waals surface area (Å²) in [4.78, 5) is 19.6. The first-order valence-electron chi connectivity index (χ1n) is 9.24. The summed E-state index contributed by atoms with van der Waals surface area (Å²) in [7, 11) is 0. The summed E-state index contributed by atoms with van der Waals surface area (Å²) < 4.78 is 0. The molecule has 1 atom stereocenters. The molecule has 0 bridgehead atoms. The van der Waals surface area contributed by atoms with Gasteiger partial charge in [-0.3, -0.25) is 9.78 Å². The molecule has 0 saturated carbocycles. The van der Waals surface area contributed by atoms with Gasteiger partial charge in [-0.1, -0.05) is 29.8 Å². The normalized spacial score (nSPS) is 17.2. The highest BCUT2D eigenvalue weighted by Crippen LogP contribution is 2.25. The van der Waals surface area contributed by atoms with Gasteiger partial charge in [-0.15, -0.1) is 0 Å². The largest absolute Gasteiger partial charge is 0.345 e. The van der Waals surface area contributed by atoms with Crippen LogP contribution in [0, 0.1) is 5.92 Å². The molecule has 1 saturated heterocycles. The summed E-state index contributed by atoms with van der Waals surface area (Å²) in [6.45, 7) is 6.38. The van der Waals surface area contributed by atoms with E-state index in [1.54, 1.807) is 12.4 Å². The predicted octanol–water partition coefficient (Wildman–Crippen LogP) is 4.06. The van der Waals surface area contributed by atoms with E-state index in [0.29, 0.717) is 11.1 Å². The number of rotatable bonds is 5. The average molecular weight is 372 g/mol. The molecule has 5 heteroatoms. The van der Waals surface area contributed by atoms with Crippen LogP contribution in [0.2, 0.25) is 5.02 Å². The van der Waals surface area contributed by atoms with Crippen molar-refractivity contribution in [2.75, 3.05) is 13.1 Å². The zero-order valence-corrected chi connectivity index (χ0v) is 16.1. The van der Waals surface area contributed by atoms with E-state index >= 15 is 0 Å². The first-order valence-corrected chi connectivity index (χ1v) is 9.62. The van der Waals surface area contributed by atoms with E-state index < -0.39 is 0 Å². The molecule has 1 fully saturated rings. The highest BCUT2D eigenvalue weighted by atomic mass is 35.5. The minimum absolute atomic E-state index is 0.0662. The summed E-state index contributed by atoms with van der Waals surface area (Å²) in [6, 6.07) is 11.8. The highest BCUT2D eigenvalue weighted by Gasteiger charge is 2.28. The van der Waals surface area contributed by atoms with Crippen LogP contribution in [0.25, 0.3) is 0 Å². The summed E-state index contributed by atoms with van der Waals surface area (Å²) in [6.07, 6.45) is 5.36. The molecule has 1 unspecified atom stereocenters. The van der Waals surface area contributed by atoms with Gasteiger partial charge in [0.05, 0.1) is 6.04 Å². The Morgan fingerprint density at radius 2 is 1.85 bits per heavy atom. The summed E-state index contributed by atoms with van der Waals surface area (Å²) in [5.41, 5.74) is 1.98. The minimum atomic E-state index is -0.211. The topological polar surface area (TPSA) is 45.2 Å². The van der Waals surface area contributed by atoms with Crippen molar-refractivity contribution < 1.29 is 4.79 Å². The molecular weight excluding hydrogens is 346 g/mol. The van der Waals surface area contributed by atoms with Gasteiger partial charge < -0.3 is 10.2 Å². The van der Waals surface area contributed by atoms with Gasteiger partial charge in [0.1, 0.15) is 0 Å². The Kier molecular flexibility index (Phi) is 6.28. The molecule has 1 aromatic carbocycles. The van der Waals surface area contributed by atoms with Crippen LogP contribution in [0.3, 0.4) is 0 Å². The summed E-state index contributed by atoms with van der Waals surface area (Å²) in [5.74, 6) is 0.189. The molecular formula is C21H26ClN3O. The Hall–Kier alpha value is -1.91. The number of piperidine rings is 1. The smallest absolute Gasteiger partial charge is 0.223 e. The van der Waals surface area contributed by atoms with Crippen molar-refractivity contribution in [1.29, 1.82) is 0 Å². The number of carbonyl (C=O) groups is 1. The number of hydrogen-bond donors (Lipinski definition) is 1. The number of carbonyl (C=O) groups excluding carboxylic acids is 1. The van der Waals surface area contributed by atoms with Gasteiger partial charge in [-0.05, 0) is 69.1 Å². The molecule has 0 radical (unpaired) electrons. The third kappa shape index (κ3) is 4.63. The van der Waals surface area contributed by atoms with Crippen molar-refractivity contribution in [3.05, 3.63) is 64.9 Å². The molecule has 1 N–H and O–H groups in total. The van der Waals surface area contributed by atoms with Crippen molar-refractivity contribution >= 4 is 17.5 Å². The maximum absolute atomic E-state index is 12.9. The van der Waals surface area contributed by atoms with Crippen LogP contribution < -0.4 is 5.32 Å². The van der Waals surface area contributed by atoms with Crippen LogP contribution in [-0.2, 0) is 4.79 Å². The first-order chi connectivity index (χ1) is 12.5. The van der Waals surface area contributed by atoms with Crippen molar-refractivity contribution in [2.45, 2.75) is 38.8 Å². The summed E-state index contributed by atoms with van der Waals surface area (Å²) in [5, 5.41) is 3.93. The fraction of sp³-hybridized carbons (Fsp3) is 0.429. The minimum Gasteiger partial charge on any atom is -0.345 e. The Labute approximate surface area is 160 Å². The first kappa shape index (κ1) is 18.9. The van der Waals surface area contributed by atoms with E-state index in [1.807, 2.05) is 36.4 Å². The Bertz CT molecular complexity index is 710. The number of likely N-dealkylation sites (tertiary alicyclic amines) is 1. The Morgan fingerprint density at radius 3 is 2.42 bits per heavy atom. The summed E-state index contributed by atoms with van der Waals surface area (Å²) >= 11 is 6.02. The number of aromatic nitrogens is 1. The lowest BCUT2D eigenvalue weighted by Gasteiger charge is -2.34. The van der Waals surface area contributed by atoms with Crippen LogP contribution in [0.15, 0.2) is 48.8 Å². The van der Waals surface area contributed by atoms with Gasteiger partial charge >= 0.3 is 0 Å². The van der Waals surface area contributed by atoms with Crippen LogP contribution in [0.5, 0.6) is 0 Å². The predicted molar refractivity (Wildman–Crippen MR) is 105 cm³/mol. The standard InChI is InChI=1S/C21H26ClN3O/c1-15(2)25-12-9-17(10-13-25)21(26)24-20(18-4-3-11-23-14-18)16-5-7-19(22)8-6-16/h3-8,11,14-15,17,20H,9-10,12-13H2,1-2H3,(H,24,26). The van der Waals surface area contributed by atoms with E-state index in [9.17, 15) is 4.79 Å². The van der Waals surface area contributed by atoms with Gasteiger partial charge in [-0.25, -0.2) is 0 Å². The van der Waals surface area contributed by atoms with Crippen LogP contribution in [-0.4, -0.2) is 34.9 Å². The van der Waals surface area contributed by atoms with Crippen molar-refractivity contribution in [2.24, 2.45) is 5.92 Å². The van der Waals surface area contributed by atoms with E-state index in [1.165, 1.54) is 0 Å². The number of amides is 1. The average Bonchev–Trinajstić information content (AvgIpc) is 2.67. The molecule has 1 aliphatic rings. The fourth-order valence-corrected chi connectivity index (χ4v) is 3.63. The molecule has 0 spiro atoms. The number of benzene rings is 1. The van der Waals surface area contributed by atoms with Gasteiger partial charge in [0.25, 0.3) is 0 Å². The molecule has 2 heterocycles. The van der Waals surface area contributed by atoms with Crippen molar-refractivity contribution in [3.8, 4) is 0 Å². The zero-order valence-electron chi connectivity index (χ0n) is 15.4. The number of pyridine rings is 1. The molecule has 1 aromatic heterocycles. The van der Waals surface area contributed by atoms with Gasteiger partial charge in [0.2, 0.25) is 5.91 Å². The molecule has 4 nitrogen and oxygen atoms in total. The molecule has 26 heavy (non-hydrogen) atoms. The monoisotopic (exact) mass is 371 g/mol. The molecule has 138 valence electrons. The number of hydrogen-bond acceptors (Lipinski definition) is 3. The number of nitrogens with one attached hydrogen (secondary N) is 1. The third-order valence-electron chi connectivity index (χ3n) is 5.14. The maximum Gasteiger partial charge on any atom is 0.223 e. The van der Waals surface area contributed by atoms with Gasteiger partial charge in [-0.2, -0.15) is 0 Å². The molecule has 1 aliphatic heterocycles. The quantitative estimate of drug-likeness (QED) is 0.862. The lowest BCUT2D eigenvalue weighted by molar-refractivity contribution is -0.127. The molecule has 1 amide bonds. The Balaban J connectivity index is 1.74. The van der Waals surface area contributed by atoms with Crippen LogP contribution >= 0.6 is 11.6 Å². The molecule has 3 rings (SSSR count). The third-order valence-corrected chi connectivity index (χ3v) is 5.39. The van der Waals surface area contributed by atoms with Crippen LogP contribution in [0.1, 0.15) is 43.9 Å². The van der Waals surface area contributed by atoms with Crippen molar-refractivity contribution in [3.63, 3.8) is 0 Å². The SMILES string of the molecule is CC(C)N1CCC(C(=O)NC(c2ccc(Cl)cc2)c2cccnc2)CC1. The molecule has 0 aliphatic carbocycles. The second-order valence-corrected chi connectivity index (χ2v) is 7.62. The maximum atomic E-state index is 12.9. The lowest BCUT2D eigenvalue weighted by Crippen LogP contribution is -2.43. The van der Waals surface area contributed by atoms with Gasteiger partial charge in [0.15, 0.2) is 0 Å². The van der Waals surface area contributed by atoms with Crippen LogP contribution in [0.4, 0.5) is 0 Å². The van der Waals surface area contributed by atoms with Crippen molar-refractivity contribution in [1.82, 2.24) is 15.2 Å².